The standard InChI is InChI=1S/C30H30ClN3O2S/c1-36-27-15-7-22(8-16-27)17-20-34-29(35)28(21-23-5-9-24(31)10-6-23)37-30(34)32-25-11-13-26(14-12-25)33-18-3-2-4-19-33/h5-16,21H,2-4,17-20H2,1H3/b28-21+,32-30?. The van der Waals surface area contributed by atoms with E-state index < -0.39 is 0 Å². The highest BCUT2D eigenvalue weighted by molar-refractivity contribution is 8.18. The van der Waals surface area contributed by atoms with E-state index in [-0.39, 0.29) is 5.91 Å². The van der Waals surface area contributed by atoms with E-state index in [1.54, 1.807) is 12.0 Å². The van der Waals surface area contributed by atoms with Crippen LogP contribution in [0.25, 0.3) is 6.08 Å². The number of carbonyl (C=O) groups is 1. The zero-order valence-electron chi connectivity index (χ0n) is 20.9. The molecule has 0 aromatic heterocycles. The number of hydrogen-bond donors (Lipinski definition) is 0. The molecule has 0 N–H and O–H groups in total. The number of methoxy groups -OCH3 is 1. The van der Waals surface area contributed by atoms with Crippen molar-refractivity contribution in [1.29, 1.82) is 0 Å². The molecule has 37 heavy (non-hydrogen) atoms. The summed E-state index contributed by atoms with van der Waals surface area (Å²) in [4.78, 5) is 23.2. The van der Waals surface area contributed by atoms with Crippen LogP contribution in [0.5, 0.6) is 5.75 Å². The number of rotatable bonds is 7. The van der Waals surface area contributed by atoms with E-state index in [1.807, 2.05) is 66.7 Å². The number of piperidine rings is 1. The minimum absolute atomic E-state index is 0.0304. The Bertz CT molecular complexity index is 1280. The lowest BCUT2D eigenvalue weighted by molar-refractivity contribution is -0.122. The number of amides is 1. The van der Waals surface area contributed by atoms with Gasteiger partial charge in [0.2, 0.25) is 0 Å². The molecule has 3 aromatic carbocycles. The fourth-order valence-electron chi connectivity index (χ4n) is 4.53. The van der Waals surface area contributed by atoms with Gasteiger partial charge >= 0.3 is 0 Å². The first-order valence-corrected chi connectivity index (χ1v) is 13.8. The van der Waals surface area contributed by atoms with Gasteiger partial charge in [-0.1, -0.05) is 35.9 Å². The molecule has 3 aromatic rings. The van der Waals surface area contributed by atoms with Gasteiger partial charge in [-0.25, -0.2) is 4.99 Å². The number of halogens is 1. The molecule has 2 aliphatic heterocycles. The normalized spacial score (nSPS) is 18.2. The summed E-state index contributed by atoms with van der Waals surface area (Å²) >= 11 is 7.46. The zero-order valence-corrected chi connectivity index (χ0v) is 22.5. The Hall–Kier alpha value is -3.22. The number of thioether (sulfide) groups is 1. The summed E-state index contributed by atoms with van der Waals surface area (Å²) in [5.74, 6) is 0.789. The van der Waals surface area contributed by atoms with Crippen molar-refractivity contribution < 1.29 is 9.53 Å². The molecule has 0 bridgehead atoms. The molecule has 7 heteroatoms. The molecule has 2 heterocycles. The molecule has 0 aliphatic carbocycles. The smallest absolute Gasteiger partial charge is 0.266 e. The van der Waals surface area contributed by atoms with E-state index in [9.17, 15) is 4.79 Å². The average Bonchev–Trinajstić information content (AvgIpc) is 3.23. The summed E-state index contributed by atoms with van der Waals surface area (Å²) < 4.78 is 5.27. The molecule has 1 amide bonds. The molecular formula is C30H30ClN3O2S. The van der Waals surface area contributed by atoms with Crippen molar-refractivity contribution in [2.75, 3.05) is 31.6 Å². The molecule has 0 radical (unpaired) electrons. The van der Waals surface area contributed by atoms with Crippen LogP contribution >= 0.6 is 23.4 Å². The van der Waals surface area contributed by atoms with Gasteiger partial charge in [-0.05, 0) is 103 Å². The third-order valence-electron chi connectivity index (χ3n) is 6.63. The van der Waals surface area contributed by atoms with E-state index in [2.05, 4.69) is 17.0 Å². The highest BCUT2D eigenvalue weighted by Gasteiger charge is 2.33. The second kappa shape index (κ2) is 11.9. The first-order valence-electron chi connectivity index (χ1n) is 12.6. The number of hydrogen-bond acceptors (Lipinski definition) is 5. The van der Waals surface area contributed by atoms with Crippen LogP contribution in [0, 0.1) is 0 Å². The molecule has 5 nitrogen and oxygen atoms in total. The minimum atomic E-state index is -0.0304. The van der Waals surface area contributed by atoms with E-state index in [1.165, 1.54) is 36.7 Å². The van der Waals surface area contributed by atoms with Crippen LogP contribution in [-0.2, 0) is 11.2 Å². The van der Waals surface area contributed by atoms with Crippen molar-refractivity contribution in [3.05, 3.63) is 93.9 Å². The fraction of sp³-hybridized carbons (Fsp3) is 0.267. The Balaban J connectivity index is 1.38. The second-order valence-corrected chi connectivity index (χ2v) is 10.6. The molecule has 5 rings (SSSR count). The quantitative estimate of drug-likeness (QED) is 0.303. The molecule has 2 fully saturated rings. The third-order valence-corrected chi connectivity index (χ3v) is 7.89. The maximum Gasteiger partial charge on any atom is 0.266 e. The topological polar surface area (TPSA) is 45.1 Å². The molecule has 2 aliphatic rings. The highest BCUT2D eigenvalue weighted by Crippen LogP contribution is 2.35. The van der Waals surface area contributed by atoms with Gasteiger partial charge in [0, 0.05) is 30.3 Å². The van der Waals surface area contributed by atoms with Gasteiger partial charge in [0.25, 0.3) is 5.91 Å². The van der Waals surface area contributed by atoms with Crippen molar-refractivity contribution >= 4 is 51.9 Å². The van der Waals surface area contributed by atoms with Gasteiger partial charge in [0.1, 0.15) is 5.75 Å². The summed E-state index contributed by atoms with van der Waals surface area (Å²) in [6.45, 7) is 2.76. The lowest BCUT2D eigenvalue weighted by atomic mass is 10.1. The molecule has 190 valence electrons. The fourth-order valence-corrected chi connectivity index (χ4v) is 5.68. The van der Waals surface area contributed by atoms with Crippen LogP contribution in [0.2, 0.25) is 5.02 Å². The Morgan fingerprint density at radius 3 is 2.32 bits per heavy atom. The number of benzene rings is 3. The predicted molar refractivity (Wildman–Crippen MR) is 155 cm³/mol. The molecule has 0 saturated carbocycles. The summed E-state index contributed by atoms with van der Waals surface area (Å²) in [5, 5.41) is 1.37. The number of amidine groups is 1. The molecule has 0 unspecified atom stereocenters. The van der Waals surface area contributed by atoms with Crippen molar-refractivity contribution in [3.63, 3.8) is 0 Å². The molecule has 0 atom stereocenters. The second-order valence-electron chi connectivity index (χ2n) is 9.18. The van der Waals surface area contributed by atoms with E-state index in [4.69, 9.17) is 21.3 Å². The summed E-state index contributed by atoms with van der Waals surface area (Å²) in [6, 6.07) is 23.8. The lowest BCUT2D eigenvalue weighted by Crippen LogP contribution is -2.31. The average molecular weight is 532 g/mol. The van der Waals surface area contributed by atoms with Crippen LogP contribution in [0.15, 0.2) is 82.7 Å². The van der Waals surface area contributed by atoms with Gasteiger partial charge < -0.3 is 9.64 Å². The van der Waals surface area contributed by atoms with Gasteiger partial charge in [0.05, 0.1) is 17.7 Å². The van der Waals surface area contributed by atoms with Crippen LogP contribution in [-0.4, -0.2) is 42.7 Å². The first kappa shape index (κ1) is 25.4. The Morgan fingerprint density at radius 2 is 1.65 bits per heavy atom. The number of ether oxygens (including phenoxy) is 1. The molecule has 2 saturated heterocycles. The minimum Gasteiger partial charge on any atom is -0.497 e. The third kappa shape index (κ3) is 6.38. The van der Waals surface area contributed by atoms with E-state index >= 15 is 0 Å². The molecular weight excluding hydrogens is 502 g/mol. The Labute approximate surface area is 227 Å². The summed E-state index contributed by atoms with van der Waals surface area (Å²) in [6.07, 6.45) is 6.43. The van der Waals surface area contributed by atoms with Crippen LogP contribution in [0.3, 0.4) is 0 Å². The maximum absolute atomic E-state index is 13.5. The highest BCUT2D eigenvalue weighted by atomic mass is 35.5. The van der Waals surface area contributed by atoms with Crippen LogP contribution in [0.1, 0.15) is 30.4 Å². The summed E-state index contributed by atoms with van der Waals surface area (Å²) in [5.41, 5.74) is 4.15. The number of carbonyl (C=O) groups excluding carboxylic acids is 1. The van der Waals surface area contributed by atoms with Gasteiger partial charge in [-0.15, -0.1) is 0 Å². The van der Waals surface area contributed by atoms with Crippen molar-refractivity contribution in [3.8, 4) is 5.75 Å². The lowest BCUT2D eigenvalue weighted by Gasteiger charge is -2.28. The summed E-state index contributed by atoms with van der Waals surface area (Å²) in [7, 11) is 1.66. The zero-order chi connectivity index (χ0) is 25.6. The van der Waals surface area contributed by atoms with Crippen LogP contribution in [0.4, 0.5) is 11.4 Å². The molecule has 0 spiro atoms. The SMILES string of the molecule is COc1ccc(CCN2C(=O)/C(=C\c3ccc(Cl)cc3)SC2=Nc2ccc(N3CCCCC3)cc2)cc1. The van der Waals surface area contributed by atoms with Gasteiger partial charge in [-0.2, -0.15) is 0 Å². The monoisotopic (exact) mass is 531 g/mol. The van der Waals surface area contributed by atoms with Gasteiger partial charge in [0.15, 0.2) is 5.17 Å². The largest absolute Gasteiger partial charge is 0.497 e. The maximum atomic E-state index is 13.5. The van der Waals surface area contributed by atoms with Gasteiger partial charge in [-0.3, -0.25) is 9.69 Å². The van der Waals surface area contributed by atoms with Crippen molar-refractivity contribution in [1.82, 2.24) is 4.90 Å². The Kier molecular flexibility index (Phi) is 8.17. The Morgan fingerprint density at radius 1 is 0.946 bits per heavy atom. The number of anilines is 1. The van der Waals surface area contributed by atoms with E-state index in [0.717, 1.165) is 42.1 Å². The van der Waals surface area contributed by atoms with Crippen molar-refractivity contribution in [2.45, 2.75) is 25.7 Å². The van der Waals surface area contributed by atoms with Crippen LogP contribution < -0.4 is 9.64 Å². The number of nitrogens with zero attached hydrogens (tertiary/aromatic N) is 3. The van der Waals surface area contributed by atoms with E-state index in [0.29, 0.717) is 21.6 Å². The predicted octanol–water partition coefficient (Wildman–Crippen LogP) is 7.19. The first-order chi connectivity index (χ1) is 18.1. The van der Waals surface area contributed by atoms with Crippen molar-refractivity contribution in [2.24, 2.45) is 4.99 Å². The number of aliphatic imine (C=N–C) groups is 1.